The van der Waals surface area contributed by atoms with Crippen molar-refractivity contribution in [1.29, 1.82) is 0 Å². The molecule has 1 aromatic heterocycles. The first-order chi connectivity index (χ1) is 16.7. The molecule has 0 aliphatic carbocycles. The van der Waals surface area contributed by atoms with E-state index in [4.69, 9.17) is 23.1 Å². The van der Waals surface area contributed by atoms with E-state index in [0.29, 0.717) is 30.5 Å². The summed E-state index contributed by atoms with van der Waals surface area (Å²) < 4.78 is 29.3. The number of nitrogens with zero attached hydrogens (tertiary/aromatic N) is 1. The molecule has 2 aliphatic heterocycles. The van der Waals surface area contributed by atoms with E-state index in [9.17, 15) is 19.3 Å². The van der Waals surface area contributed by atoms with Crippen molar-refractivity contribution in [3.8, 4) is 0 Å². The van der Waals surface area contributed by atoms with Gasteiger partial charge in [-0.2, -0.15) is 13.9 Å². The van der Waals surface area contributed by atoms with E-state index in [1.54, 1.807) is 13.0 Å². The maximum atomic E-state index is 11.7. The van der Waals surface area contributed by atoms with E-state index in [1.165, 1.54) is 43.3 Å². The number of thiol groups is 1. The van der Waals surface area contributed by atoms with Crippen molar-refractivity contribution in [3.05, 3.63) is 45.0 Å². The van der Waals surface area contributed by atoms with Crippen LogP contribution in [0.25, 0.3) is 0 Å². The van der Waals surface area contributed by atoms with E-state index < -0.39 is 25.4 Å². The second kappa shape index (κ2) is 17.9. The quantitative estimate of drug-likeness (QED) is 0.112. The van der Waals surface area contributed by atoms with Crippen molar-refractivity contribution in [2.75, 3.05) is 20.8 Å². The van der Waals surface area contributed by atoms with Gasteiger partial charge in [-0.3, -0.25) is 14.3 Å². The second-order valence-electron chi connectivity index (χ2n) is 7.36. The summed E-state index contributed by atoms with van der Waals surface area (Å²) in [5, 5.41) is 3.36. The van der Waals surface area contributed by atoms with Crippen LogP contribution in [0, 0.1) is 0 Å². The van der Waals surface area contributed by atoms with E-state index in [0.717, 1.165) is 55.7 Å². The molecular formula is C19H32BaN3O9PSSe+. The van der Waals surface area contributed by atoms with Crippen molar-refractivity contribution in [1.82, 2.24) is 14.9 Å². The van der Waals surface area contributed by atoms with Gasteiger partial charge in [-0.25, -0.2) is 4.79 Å². The predicted molar refractivity (Wildman–Crippen MR) is 136 cm³/mol. The molecular weight excluding hydrogens is 694 g/mol. The van der Waals surface area contributed by atoms with E-state index >= 15 is 0 Å². The fourth-order valence-electron chi connectivity index (χ4n) is 3.25. The van der Waals surface area contributed by atoms with Gasteiger partial charge in [0.05, 0.1) is 20.3 Å². The molecule has 4 N–H and O–H groups in total. The van der Waals surface area contributed by atoms with Gasteiger partial charge in [0.2, 0.25) is 0 Å². The summed E-state index contributed by atoms with van der Waals surface area (Å²) in [5.41, 5.74) is -0.948. The molecule has 0 aromatic carbocycles. The molecule has 3 rings (SSSR count). The number of amides is 1. The molecule has 12 nitrogen and oxygen atoms in total. The number of H-pyrrole nitrogens is 1. The number of hydrogen-bond donors (Lipinski definition) is 5. The van der Waals surface area contributed by atoms with E-state index in [-0.39, 0.29) is 12.0 Å². The average molecular weight is 726 g/mol. The van der Waals surface area contributed by atoms with Crippen LogP contribution in [-0.2, 0) is 23.3 Å². The Morgan fingerprint density at radius 1 is 1.31 bits per heavy atom. The van der Waals surface area contributed by atoms with Crippen LogP contribution in [0.15, 0.2) is 33.7 Å². The number of carbonyl (C=O) groups excluding carboxylic acids is 1. The molecule has 0 spiro atoms. The fraction of sp³-hybridized carbons (Fsp3) is 0.632. The van der Waals surface area contributed by atoms with Crippen molar-refractivity contribution < 1.29 is 32.8 Å². The molecule has 2 saturated heterocycles. The second-order valence-corrected chi connectivity index (χ2v) is 16.8. The number of rotatable bonds is 8. The normalized spacial score (nSPS) is 23.8. The van der Waals surface area contributed by atoms with Crippen LogP contribution in [0.2, 0.25) is 0 Å². The zero-order chi connectivity index (χ0) is 26.4. The Morgan fingerprint density at radius 2 is 2.00 bits per heavy atom. The minimum Gasteiger partial charge on any atom is -0.350 e. The number of aromatic nitrogens is 2. The fourth-order valence-corrected chi connectivity index (χ4v) is 9.18. The van der Waals surface area contributed by atoms with Crippen LogP contribution in [0.4, 0.5) is 0 Å². The van der Waals surface area contributed by atoms with Crippen LogP contribution in [0.3, 0.4) is 0 Å². The average Bonchev–Trinajstić information content (AvgIpc) is 3.52. The number of aromatic amines is 1. The van der Waals surface area contributed by atoms with Crippen molar-refractivity contribution in [2.45, 2.75) is 56.0 Å². The Hall–Kier alpha value is 0.521. The molecule has 1 radical (unpaired) electrons. The van der Waals surface area contributed by atoms with Gasteiger partial charge >= 0.3 is 121 Å². The third-order valence-corrected chi connectivity index (χ3v) is 14.2. The number of ether oxygens (including phenoxy) is 2. The molecule has 0 bridgehead atoms. The number of nitrogens with one attached hydrogen (secondary N) is 2. The maximum absolute atomic E-state index is 11.7. The number of hydrogen-bond acceptors (Lipinski definition) is 10. The Kier molecular flexibility index (Phi) is 17.2. The first-order valence-electron chi connectivity index (χ1n) is 10.6. The van der Waals surface area contributed by atoms with E-state index in [1.807, 2.05) is 0 Å². The molecule has 2 fully saturated rings. The third kappa shape index (κ3) is 12.3. The smallest absolute Gasteiger partial charge is 0.350 e. The van der Waals surface area contributed by atoms with Crippen molar-refractivity contribution in [3.63, 3.8) is 0 Å². The first kappa shape index (κ1) is 33.5. The summed E-state index contributed by atoms with van der Waals surface area (Å²) in [6.45, 7) is 2.25. The molecule has 2 aliphatic rings. The summed E-state index contributed by atoms with van der Waals surface area (Å²) in [6.07, 6.45) is 7.10. The molecule has 16 heteroatoms. The molecule has 1 amide bonds. The van der Waals surface area contributed by atoms with Crippen LogP contribution < -0.4 is 16.6 Å². The summed E-state index contributed by atoms with van der Waals surface area (Å²) in [6, 6.07) is 1.27. The summed E-state index contributed by atoms with van der Waals surface area (Å²) in [7, 11) is -0.246. The Labute approximate surface area is 243 Å². The van der Waals surface area contributed by atoms with Gasteiger partial charge in [0, 0.05) is 12.3 Å². The van der Waals surface area contributed by atoms with Crippen LogP contribution in [0.5, 0.6) is 0 Å². The Bertz CT molecular complexity index is 918. The number of carbonyl (C=O) groups is 1. The van der Waals surface area contributed by atoms with Gasteiger partial charge in [0.1, 0.15) is 12.0 Å². The summed E-state index contributed by atoms with van der Waals surface area (Å²) in [5.74, 6) is 1.50. The van der Waals surface area contributed by atoms with Gasteiger partial charge < -0.3 is 9.29 Å². The summed E-state index contributed by atoms with van der Waals surface area (Å²) >= 11 is 3.43. The first-order valence-corrected chi connectivity index (χ1v) is 24.3. The van der Waals surface area contributed by atoms with Crippen molar-refractivity contribution >= 4 is 76.0 Å². The van der Waals surface area contributed by atoms with Crippen LogP contribution in [0.1, 0.15) is 38.8 Å². The topological polar surface area (TPSA) is 161 Å². The molecule has 35 heavy (non-hydrogen) atoms. The predicted octanol–water partition coefficient (Wildman–Crippen LogP) is 0.580. The van der Waals surface area contributed by atoms with Gasteiger partial charge in [-0.1, -0.05) is 0 Å². The van der Waals surface area contributed by atoms with Gasteiger partial charge in [0.25, 0.3) is 5.56 Å². The molecule has 1 aromatic rings. The van der Waals surface area contributed by atoms with E-state index in [2.05, 4.69) is 23.2 Å². The van der Waals surface area contributed by atoms with Crippen LogP contribution in [-0.4, -0.2) is 112 Å². The minimum atomic E-state index is -2.97. The Morgan fingerprint density at radius 3 is 2.54 bits per heavy atom. The van der Waals surface area contributed by atoms with Crippen molar-refractivity contribution in [2.24, 2.45) is 0 Å². The standard InChI is InChI=1S/C12H17N2O6P.C7H13NO2Se.Ba.H2OS/c1-18-21(17,19-2)8-6-9-3-4-11(20-9)14-7-5-10(15)13-12(14)16;1-5(9)8-4-6-2-3-7(11)10-6;;1-2/h5-9,11,17H,3-4H2,1-2H3;6-7,11H,2-4H2,1H3,(H,8,9);;1-2H/q;;+1;/b8-6+;;;. The monoisotopic (exact) mass is 727 g/mol. The minimum absolute atomic E-state index is 0.0437. The third-order valence-electron chi connectivity index (χ3n) is 5.04. The maximum Gasteiger partial charge on any atom is 0.437 e. The zero-order valence-electron chi connectivity index (χ0n) is 19.9. The molecule has 0 saturated carbocycles. The van der Waals surface area contributed by atoms with Gasteiger partial charge in [-0.15, -0.1) is 0 Å². The largest absolute Gasteiger partial charge is 0.437 e. The van der Waals surface area contributed by atoms with Gasteiger partial charge in [0.15, 0.2) is 0 Å². The summed E-state index contributed by atoms with van der Waals surface area (Å²) in [4.78, 5) is 45.4. The molecule has 195 valence electrons. The molecule has 4 atom stereocenters. The molecule has 4 unspecified atom stereocenters. The Balaban J connectivity index is 0.000000372. The SMILES string of the molecule is CC(=O)NCC1CCC([Se][Ba])O1.CO[P+](O)(/C=C/C1CCC(n2ccc(=O)[nH]c2=O)O1)OC.OS. The van der Waals surface area contributed by atoms with Crippen LogP contribution >= 0.6 is 20.9 Å². The van der Waals surface area contributed by atoms with Gasteiger partial charge in [-0.05, 0) is 31.8 Å². The molecule has 3 heterocycles. The zero-order valence-corrected chi connectivity index (χ0v) is 27.8.